The van der Waals surface area contributed by atoms with Crippen LogP contribution in [0.5, 0.6) is 5.75 Å². The van der Waals surface area contributed by atoms with E-state index >= 15 is 0 Å². The predicted molar refractivity (Wildman–Crippen MR) is 132 cm³/mol. The number of aromatic nitrogens is 1. The molecule has 0 aliphatic carbocycles. The van der Waals surface area contributed by atoms with Gasteiger partial charge in [-0.1, -0.05) is 23.7 Å². The van der Waals surface area contributed by atoms with E-state index in [4.69, 9.17) is 16.3 Å². The highest BCUT2D eigenvalue weighted by Crippen LogP contribution is 2.34. The molecule has 1 saturated heterocycles. The van der Waals surface area contributed by atoms with Crippen molar-refractivity contribution in [2.24, 2.45) is 0 Å². The molecule has 0 spiro atoms. The molecular formula is C26H26ClF3N4O2. The van der Waals surface area contributed by atoms with Crippen LogP contribution < -0.4 is 15.4 Å². The van der Waals surface area contributed by atoms with E-state index in [-0.39, 0.29) is 30.1 Å². The van der Waals surface area contributed by atoms with Gasteiger partial charge in [0.25, 0.3) is 0 Å². The third kappa shape index (κ3) is 6.47. The molecule has 2 atom stereocenters. The number of carbonyl (C=O) groups is 1. The van der Waals surface area contributed by atoms with Crippen molar-refractivity contribution in [2.75, 3.05) is 25.5 Å². The van der Waals surface area contributed by atoms with Crippen molar-refractivity contribution in [1.82, 2.24) is 15.2 Å². The van der Waals surface area contributed by atoms with Crippen molar-refractivity contribution in [2.45, 2.75) is 31.1 Å². The molecule has 1 aliphatic heterocycles. The van der Waals surface area contributed by atoms with Crippen molar-refractivity contribution < 1.29 is 22.7 Å². The number of hydrogen-bond donors (Lipinski definition) is 2. The molecule has 0 radical (unpaired) electrons. The summed E-state index contributed by atoms with van der Waals surface area (Å²) in [6.07, 6.45) is -1.46. The number of carbonyl (C=O) groups excluding carboxylic acids is 1. The number of ether oxygens (including phenoxy) is 1. The van der Waals surface area contributed by atoms with E-state index < -0.39 is 11.7 Å². The summed E-state index contributed by atoms with van der Waals surface area (Å²) in [6, 6.07) is 14.7. The van der Waals surface area contributed by atoms with E-state index in [1.54, 1.807) is 31.4 Å². The van der Waals surface area contributed by atoms with Gasteiger partial charge in [-0.25, -0.2) is 4.79 Å². The number of alkyl halides is 3. The first-order valence-corrected chi connectivity index (χ1v) is 11.8. The summed E-state index contributed by atoms with van der Waals surface area (Å²) < 4.78 is 45.8. The Morgan fingerprint density at radius 2 is 1.86 bits per heavy atom. The molecule has 2 heterocycles. The molecule has 2 amide bonds. The quantitative estimate of drug-likeness (QED) is 0.424. The highest BCUT2D eigenvalue weighted by Gasteiger charge is 2.36. The molecule has 1 unspecified atom stereocenters. The minimum Gasteiger partial charge on any atom is -0.497 e. The van der Waals surface area contributed by atoms with Gasteiger partial charge in [0, 0.05) is 54.7 Å². The zero-order chi connectivity index (χ0) is 25.7. The van der Waals surface area contributed by atoms with Crippen molar-refractivity contribution >= 4 is 23.3 Å². The monoisotopic (exact) mass is 518 g/mol. The van der Waals surface area contributed by atoms with E-state index in [1.807, 2.05) is 29.2 Å². The second-order valence-corrected chi connectivity index (χ2v) is 9.08. The van der Waals surface area contributed by atoms with Gasteiger partial charge in [0.1, 0.15) is 5.75 Å². The molecule has 2 N–H and O–H groups in total. The van der Waals surface area contributed by atoms with Crippen LogP contribution >= 0.6 is 11.6 Å². The van der Waals surface area contributed by atoms with E-state index in [1.165, 1.54) is 6.20 Å². The van der Waals surface area contributed by atoms with Gasteiger partial charge in [-0.15, -0.1) is 0 Å². The summed E-state index contributed by atoms with van der Waals surface area (Å²) in [5.41, 5.74) is 1.01. The zero-order valence-electron chi connectivity index (χ0n) is 19.6. The summed E-state index contributed by atoms with van der Waals surface area (Å²) in [7, 11) is 1.58. The first kappa shape index (κ1) is 25.8. The molecule has 1 aromatic heterocycles. The number of rotatable bonds is 6. The third-order valence-corrected chi connectivity index (χ3v) is 6.51. The Kier molecular flexibility index (Phi) is 8.01. The Morgan fingerprint density at radius 3 is 2.53 bits per heavy atom. The predicted octanol–water partition coefficient (Wildman–Crippen LogP) is 5.94. The lowest BCUT2D eigenvalue weighted by atomic mass is 9.85. The van der Waals surface area contributed by atoms with Crippen LogP contribution in [0, 0.1) is 0 Å². The molecule has 10 heteroatoms. The van der Waals surface area contributed by atoms with E-state index in [2.05, 4.69) is 15.6 Å². The Bertz CT molecular complexity index is 1170. The fourth-order valence-electron chi connectivity index (χ4n) is 4.46. The molecule has 3 aromatic rings. The van der Waals surface area contributed by atoms with E-state index in [0.29, 0.717) is 36.0 Å². The number of methoxy groups -OCH3 is 1. The second-order valence-electron chi connectivity index (χ2n) is 8.65. The Hall–Kier alpha value is -3.30. The molecule has 6 nitrogen and oxygen atoms in total. The maximum absolute atomic E-state index is 13.5. The molecule has 4 rings (SSSR count). The van der Waals surface area contributed by atoms with Crippen molar-refractivity contribution in [3.63, 3.8) is 0 Å². The number of urea groups is 1. The average Bonchev–Trinajstić information content (AvgIpc) is 2.86. The van der Waals surface area contributed by atoms with Crippen LogP contribution in [0.25, 0.3) is 0 Å². The molecule has 0 saturated carbocycles. The van der Waals surface area contributed by atoms with Gasteiger partial charge in [-0.3, -0.25) is 9.88 Å². The number of halogens is 4. The normalized spacial score (nSPS) is 18.5. The summed E-state index contributed by atoms with van der Waals surface area (Å²) in [5.74, 6) is 0.549. The number of likely N-dealkylation sites (tertiary alicyclic amines) is 1. The van der Waals surface area contributed by atoms with Gasteiger partial charge in [-0.05, 0) is 60.0 Å². The molecule has 1 fully saturated rings. The Morgan fingerprint density at radius 1 is 1.14 bits per heavy atom. The number of amides is 2. The lowest BCUT2D eigenvalue weighted by Crippen LogP contribution is -2.50. The number of nitrogens with one attached hydrogen (secondary N) is 2. The first-order chi connectivity index (χ1) is 17.2. The minimum absolute atomic E-state index is 0.110. The van der Waals surface area contributed by atoms with Crippen LogP contribution in [0.3, 0.4) is 0 Å². The highest BCUT2D eigenvalue weighted by molar-refractivity contribution is 6.30. The molecule has 1 aliphatic rings. The van der Waals surface area contributed by atoms with Gasteiger partial charge in [0.15, 0.2) is 0 Å². The van der Waals surface area contributed by atoms with Crippen molar-refractivity contribution in [1.29, 1.82) is 0 Å². The van der Waals surface area contributed by atoms with Crippen LogP contribution in [-0.4, -0.2) is 42.2 Å². The second kappa shape index (κ2) is 11.2. The fraction of sp³-hybridized carbons (Fsp3) is 0.308. The maximum atomic E-state index is 13.5. The van der Waals surface area contributed by atoms with Gasteiger partial charge >= 0.3 is 12.2 Å². The van der Waals surface area contributed by atoms with Gasteiger partial charge in [0.05, 0.1) is 12.7 Å². The number of anilines is 1. The van der Waals surface area contributed by atoms with Gasteiger partial charge < -0.3 is 15.4 Å². The van der Waals surface area contributed by atoms with Crippen LogP contribution in [0.15, 0.2) is 67.0 Å². The Balaban J connectivity index is 1.51. The number of nitrogens with zero attached hydrogens (tertiary/aromatic N) is 2. The minimum atomic E-state index is -4.45. The number of piperidine rings is 1. The third-order valence-electron chi connectivity index (χ3n) is 6.26. The molecule has 2 aromatic carbocycles. The highest BCUT2D eigenvalue weighted by atomic mass is 35.5. The number of hydrogen-bond acceptors (Lipinski definition) is 4. The van der Waals surface area contributed by atoms with Crippen LogP contribution in [0.1, 0.15) is 29.0 Å². The molecule has 0 bridgehead atoms. The fourth-order valence-corrected chi connectivity index (χ4v) is 4.59. The molecule has 36 heavy (non-hydrogen) atoms. The lowest BCUT2D eigenvalue weighted by molar-refractivity contribution is -0.138. The van der Waals surface area contributed by atoms with Gasteiger partial charge in [0.2, 0.25) is 0 Å². The Labute approximate surface area is 212 Å². The summed E-state index contributed by atoms with van der Waals surface area (Å²) in [4.78, 5) is 18.6. The van der Waals surface area contributed by atoms with Crippen molar-refractivity contribution in [3.8, 4) is 5.75 Å². The largest absolute Gasteiger partial charge is 0.497 e. The molecule has 190 valence electrons. The zero-order valence-corrected chi connectivity index (χ0v) is 20.3. The van der Waals surface area contributed by atoms with Crippen LogP contribution in [0.2, 0.25) is 5.02 Å². The summed E-state index contributed by atoms with van der Waals surface area (Å²) in [5, 5.41) is 6.42. The average molecular weight is 519 g/mol. The molecular weight excluding hydrogens is 493 g/mol. The van der Waals surface area contributed by atoms with Gasteiger partial charge in [-0.2, -0.15) is 13.2 Å². The SMILES string of the molecule is COc1ccc(C2CN(Cc3cnccc3C(F)(F)F)CC[C@H]2NC(=O)Nc2ccc(Cl)cc2)cc1. The summed E-state index contributed by atoms with van der Waals surface area (Å²) >= 11 is 5.91. The topological polar surface area (TPSA) is 66.5 Å². The standard InChI is InChI=1S/C26H26ClF3N4O2/c1-36-21-8-2-17(3-9-21)22-16-34(15-18-14-31-12-10-23(18)26(28,29)30)13-11-24(22)33-25(35)32-20-6-4-19(27)5-7-20/h2-10,12,14,22,24H,11,13,15-16H2,1H3,(H2,32,33,35)/t22?,24-/m1/s1. The van der Waals surface area contributed by atoms with E-state index in [0.717, 1.165) is 17.8 Å². The lowest BCUT2D eigenvalue weighted by Gasteiger charge is -2.39. The maximum Gasteiger partial charge on any atom is 0.416 e. The number of benzene rings is 2. The van der Waals surface area contributed by atoms with Crippen molar-refractivity contribution in [3.05, 3.63) is 88.7 Å². The van der Waals surface area contributed by atoms with Crippen LogP contribution in [-0.2, 0) is 12.7 Å². The summed E-state index contributed by atoms with van der Waals surface area (Å²) in [6.45, 7) is 1.09. The smallest absolute Gasteiger partial charge is 0.416 e. The number of pyridine rings is 1. The first-order valence-electron chi connectivity index (χ1n) is 11.4. The van der Waals surface area contributed by atoms with Crippen LogP contribution in [0.4, 0.5) is 23.7 Å². The van der Waals surface area contributed by atoms with E-state index in [9.17, 15) is 18.0 Å².